The quantitative estimate of drug-likeness (QED) is 0.797. The molecular formula is C12H15N5O3S. The summed E-state index contributed by atoms with van der Waals surface area (Å²) in [5.74, 6) is 0. The first-order chi connectivity index (χ1) is 10.1. The smallest absolute Gasteiger partial charge is 0.243 e. The molecule has 21 heavy (non-hydrogen) atoms. The standard InChI is InChI=1S/C12H15N5O3S/c1-10-8-16(5-6-20-10)21(18,19)12-4-2-3-11(7-12)17-9-13-14-15-17/h2-4,7,9-10H,5-6,8H2,1H3. The van der Waals surface area contributed by atoms with Gasteiger partial charge < -0.3 is 4.74 Å². The lowest BCUT2D eigenvalue weighted by molar-refractivity contribution is 0.0102. The number of rotatable bonds is 3. The molecule has 0 radical (unpaired) electrons. The number of hydrogen-bond donors (Lipinski definition) is 0. The molecule has 1 unspecified atom stereocenters. The van der Waals surface area contributed by atoms with Crippen LogP contribution in [0.1, 0.15) is 6.92 Å². The predicted octanol–water partition coefficient (Wildman–Crippen LogP) is 0.0717. The first-order valence-electron chi connectivity index (χ1n) is 6.52. The van der Waals surface area contributed by atoms with Crippen molar-refractivity contribution < 1.29 is 13.2 Å². The van der Waals surface area contributed by atoms with Crippen LogP contribution >= 0.6 is 0 Å². The molecule has 0 N–H and O–H groups in total. The average molecular weight is 309 g/mol. The molecule has 0 aliphatic carbocycles. The van der Waals surface area contributed by atoms with Crippen molar-refractivity contribution in [3.05, 3.63) is 30.6 Å². The van der Waals surface area contributed by atoms with Crippen LogP contribution in [-0.2, 0) is 14.8 Å². The summed E-state index contributed by atoms with van der Waals surface area (Å²) in [5, 5.41) is 10.9. The monoisotopic (exact) mass is 309 g/mol. The summed E-state index contributed by atoms with van der Waals surface area (Å²) in [4.78, 5) is 0.226. The molecule has 1 aromatic carbocycles. The fourth-order valence-corrected chi connectivity index (χ4v) is 3.76. The average Bonchev–Trinajstić information content (AvgIpc) is 3.02. The summed E-state index contributed by atoms with van der Waals surface area (Å²) in [6.07, 6.45) is 1.32. The van der Waals surface area contributed by atoms with E-state index in [-0.39, 0.29) is 11.0 Å². The van der Waals surface area contributed by atoms with Crippen molar-refractivity contribution in [1.82, 2.24) is 24.5 Å². The van der Waals surface area contributed by atoms with Crippen LogP contribution in [0.2, 0.25) is 0 Å². The van der Waals surface area contributed by atoms with E-state index in [9.17, 15) is 8.42 Å². The molecule has 2 heterocycles. The Balaban J connectivity index is 1.94. The molecule has 2 aromatic rings. The molecule has 0 saturated carbocycles. The van der Waals surface area contributed by atoms with Crippen molar-refractivity contribution in [2.75, 3.05) is 19.7 Å². The molecule has 1 aromatic heterocycles. The third kappa shape index (κ3) is 2.80. The number of nitrogens with zero attached hydrogens (tertiary/aromatic N) is 5. The molecule has 0 amide bonds. The highest BCUT2D eigenvalue weighted by atomic mass is 32.2. The second-order valence-corrected chi connectivity index (χ2v) is 6.73. The number of ether oxygens (including phenoxy) is 1. The number of aromatic nitrogens is 4. The van der Waals surface area contributed by atoms with E-state index < -0.39 is 10.0 Å². The minimum absolute atomic E-state index is 0.101. The normalized spacial score (nSPS) is 20.5. The van der Waals surface area contributed by atoms with E-state index in [0.29, 0.717) is 25.4 Å². The number of sulfonamides is 1. The van der Waals surface area contributed by atoms with E-state index in [1.165, 1.54) is 15.3 Å². The van der Waals surface area contributed by atoms with Crippen LogP contribution in [0.15, 0.2) is 35.5 Å². The molecule has 1 fully saturated rings. The van der Waals surface area contributed by atoms with E-state index in [2.05, 4.69) is 15.5 Å². The van der Waals surface area contributed by atoms with Gasteiger partial charge in [-0.25, -0.2) is 13.1 Å². The maximum atomic E-state index is 12.7. The highest BCUT2D eigenvalue weighted by Gasteiger charge is 2.29. The Hall–Kier alpha value is -1.84. The van der Waals surface area contributed by atoms with Gasteiger partial charge in [0.05, 0.1) is 23.3 Å². The Morgan fingerprint density at radius 1 is 1.38 bits per heavy atom. The topological polar surface area (TPSA) is 90.2 Å². The van der Waals surface area contributed by atoms with Gasteiger partial charge in [-0.15, -0.1) is 5.10 Å². The third-order valence-electron chi connectivity index (χ3n) is 3.27. The Bertz CT molecular complexity index is 716. The zero-order valence-electron chi connectivity index (χ0n) is 11.5. The van der Waals surface area contributed by atoms with Gasteiger partial charge >= 0.3 is 0 Å². The Morgan fingerprint density at radius 3 is 2.95 bits per heavy atom. The van der Waals surface area contributed by atoms with Gasteiger partial charge in [-0.1, -0.05) is 6.07 Å². The fraction of sp³-hybridized carbons (Fsp3) is 0.417. The molecule has 9 heteroatoms. The van der Waals surface area contributed by atoms with E-state index >= 15 is 0 Å². The Labute approximate surface area is 122 Å². The van der Waals surface area contributed by atoms with E-state index in [4.69, 9.17) is 4.74 Å². The highest BCUT2D eigenvalue weighted by molar-refractivity contribution is 7.89. The van der Waals surface area contributed by atoms with E-state index in [1.807, 2.05) is 6.92 Å². The van der Waals surface area contributed by atoms with Crippen molar-refractivity contribution >= 4 is 10.0 Å². The van der Waals surface area contributed by atoms with Crippen molar-refractivity contribution in [1.29, 1.82) is 0 Å². The van der Waals surface area contributed by atoms with Crippen LogP contribution in [0.25, 0.3) is 5.69 Å². The minimum atomic E-state index is -3.54. The summed E-state index contributed by atoms with van der Waals surface area (Å²) < 4.78 is 33.6. The second-order valence-electron chi connectivity index (χ2n) is 4.80. The van der Waals surface area contributed by atoms with Crippen LogP contribution in [0, 0.1) is 0 Å². The van der Waals surface area contributed by atoms with Gasteiger partial charge in [-0.05, 0) is 35.5 Å². The number of benzene rings is 1. The lowest BCUT2D eigenvalue weighted by atomic mass is 10.3. The van der Waals surface area contributed by atoms with Gasteiger partial charge in [-0.2, -0.15) is 4.31 Å². The molecule has 3 rings (SSSR count). The van der Waals surface area contributed by atoms with Gasteiger partial charge in [0.15, 0.2) is 0 Å². The predicted molar refractivity (Wildman–Crippen MR) is 73.3 cm³/mol. The maximum absolute atomic E-state index is 12.7. The van der Waals surface area contributed by atoms with Gasteiger partial charge in [0.1, 0.15) is 6.33 Å². The molecule has 8 nitrogen and oxygen atoms in total. The molecule has 1 aliphatic rings. The Morgan fingerprint density at radius 2 is 2.24 bits per heavy atom. The van der Waals surface area contributed by atoms with Gasteiger partial charge in [0.2, 0.25) is 10.0 Å². The zero-order chi connectivity index (χ0) is 14.9. The third-order valence-corrected chi connectivity index (χ3v) is 5.13. The van der Waals surface area contributed by atoms with Crippen LogP contribution in [0.5, 0.6) is 0 Å². The van der Waals surface area contributed by atoms with Gasteiger partial charge in [0.25, 0.3) is 0 Å². The molecular weight excluding hydrogens is 294 g/mol. The summed E-state index contributed by atoms with van der Waals surface area (Å²) in [7, 11) is -3.54. The van der Waals surface area contributed by atoms with Crippen LogP contribution in [-0.4, -0.2) is 58.7 Å². The van der Waals surface area contributed by atoms with Crippen molar-refractivity contribution in [2.45, 2.75) is 17.9 Å². The van der Waals surface area contributed by atoms with E-state index in [0.717, 1.165) is 0 Å². The largest absolute Gasteiger partial charge is 0.376 e. The first-order valence-corrected chi connectivity index (χ1v) is 7.96. The minimum Gasteiger partial charge on any atom is -0.376 e. The summed E-state index contributed by atoms with van der Waals surface area (Å²) >= 11 is 0. The lowest BCUT2D eigenvalue weighted by Crippen LogP contribution is -2.44. The number of morpholine rings is 1. The van der Waals surface area contributed by atoms with Crippen LogP contribution in [0.4, 0.5) is 0 Å². The SMILES string of the molecule is CC1CN(S(=O)(=O)c2cccc(-n3cnnn3)c2)CCO1. The number of hydrogen-bond acceptors (Lipinski definition) is 6. The van der Waals surface area contributed by atoms with Crippen molar-refractivity contribution in [2.24, 2.45) is 0 Å². The van der Waals surface area contributed by atoms with Crippen LogP contribution in [0.3, 0.4) is 0 Å². The first kappa shape index (κ1) is 14.1. The highest BCUT2D eigenvalue weighted by Crippen LogP contribution is 2.20. The molecule has 0 bridgehead atoms. The molecule has 112 valence electrons. The van der Waals surface area contributed by atoms with Crippen molar-refractivity contribution in [3.63, 3.8) is 0 Å². The summed E-state index contributed by atoms with van der Waals surface area (Å²) in [6, 6.07) is 6.56. The fourth-order valence-electron chi connectivity index (χ4n) is 2.22. The van der Waals surface area contributed by atoms with E-state index in [1.54, 1.807) is 24.3 Å². The molecule has 1 atom stereocenters. The molecule has 1 aliphatic heterocycles. The summed E-state index contributed by atoms with van der Waals surface area (Å²) in [5.41, 5.74) is 0.599. The Kier molecular flexibility index (Phi) is 3.70. The lowest BCUT2D eigenvalue weighted by Gasteiger charge is -2.30. The molecule has 1 saturated heterocycles. The zero-order valence-corrected chi connectivity index (χ0v) is 12.3. The number of tetrazole rings is 1. The van der Waals surface area contributed by atoms with Crippen LogP contribution < -0.4 is 0 Å². The summed E-state index contributed by atoms with van der Waals surface area (Å²) in [6.45, 7) is 2.99. The van der Waals surface area contributed by atoms with Gasteiger partial charge in [0, 0.05) is 13.1 Å². The van der Waals surface area contributed by atoms with Crippen molar-refractivity contribution in [3.8, 4) is 5.69 Å². The maximum Gasteiger partial charge on any atom is 0.243 e. The van der Waals surface area contributed by atoms with Gasteiger partial charge in [-0.3, -0.25) is 0 Å². The second kappa shape index (κ2) is 5.51. The molecule has 0 spiro atoms.